The number of benzene rings is 4. The van der Waals surface area contributed by atoms with E-state index in [1.165, 1.54) is 12.5 Å². The fourth-order valence-corrected chi connectivity index (χ4v) is 22.6. The van der Waals surface area contributed by atoms with Gasteiger partial charge in [0.2, 0.25) is 0 Å². The van der Waals surface area contributed by atoms with Crippen molar-refractivity contribution in [3.8, 4) is 0 Å². The minimum atomic E-state index is -3.59. The summed E-state index contributed by atoms with van der Waals surface area (Å²) in [5.41, 5.74) is 0. The van der Waals surface area contributed by atoms with E-state index < -0.39 is 21.2 Å². The molecule has 0 heterocycles. The molecule has 0 spiro atoms. The summed E-state index contributed by atoms with van der Waals surface area (Å²) in [4.78, 5) is 0. The minimum absolute atomic E-state index is 1.12. The van der Waals surface area contributed by atoms with Crippen molar-refractivity contribution in [3.63, 3.8) is 0 Å². The third kappa shape index (κ3) is 3.72. The molecule has 0 saturated heterocycles. The Labute approximate surface area is 182 Å². The number of hydrogen-bond acceptors (Lipinski definition) is 0. The summed E-state index contributed by atoms with van der Waals surface area (Å²) in [5.74, 6) is 0. The van der Waals surface area contributed by atoms with Crippen molar-refractivity contribution in [2.24, 2.45) is 0 Å². The van der Waals surface area contributed by atoms with Crippen molar-refractivity contribution in [1.29, 1.82) is 0 Å². The van der Waals surface area contributed by atoms with Crippen LogP contribution >= 0.6 is 31.9 Å². The first-order valence-corrected chi connectivity index (χ1v) is 18.2. The van der Waals surface area contributed by atoms with Crippen LogP contribution in [-0.4, -0.2) is 21.2 Å². The van der Waals surface area contributed by atoms with Crippen LogP contribution in [0.3, 0.4) is 0 Å². The molecular formula is C24H18Br2Pb. The van der Waals surface area contributed by atoms with Gasteiger partial charge in [-0.25, -0.2) is 0 Å². The van der Waals surface area contributed by atoms with E-state index in [1.807, 2.05) is 0 Å². The van der Waals surface area contributed by atoms with Crippen LogP contribution in [0.25, 0.3) is 0 Å². The standard InChI is InChI=1S/2C6H4Br.2C6H5.Pb/c2*7-6-4-2-1-3-5-6;2*1-2-4-6-5-3-1;/h2*2-5H;2*1-5H;. The first-order chi connectivity index (χ1) is 13.2. The van der Waals surface area contributed by atoms with Gasteiger partial charge in [-0.1, -0.05) is 0 Å². The molecule has 0 saturated carbocycles. The SMILES string of the molecule is Brc1cc[c]([Pb]([c]2ccccc2)([c]2ccccc2)[c]2ccc(Br)cc2)cc1. The molecule has 0 atom stereocenters. The van der Waals surface area contributed by atoms with Gasteiger partial charge in [0.15, 0.2) is 0 Å². The molecule has 0 fully saturated rings. The zero-order chi connectivity index (χ0) is 18.7. The van der Waals surface area contributed by atoms with Crippen LogP contribution in [0.5, 0.6) is 0 Å². The Morgan fingerprint density at radius 2 is 0.667 bits per heavy atom. The molecule has 0 aliphatic heterocycles. The summed E-state index contributed by atoms with van der Waals surface area (Å²) in [6.45, 7) is 0. The van der Waals surface area contributed by atoms with Gasteiger partial charge in [-0.3, -0.25) is 0 Å². The fourth-order valence-electron chi connectivity index (χ4n) is 3.78. The summed E-state index contributed by atoms with van der Waals surface area (Å²) < 4.78 is 8.11. The van der Waals surface area contributed by atoms with Crippen molar-refractivity contribution in [2.45, 2.75) is 0 Å². The molecule has 0 unspecified atom stereocenters. The maximum atomic E-state index is 3.61. The second-order valence-corrected chi connectivity index (χ2v) is 23.1. The molecule has 132 valence electrons. The summed E-state index contributed by atoms with van der Waals surface area (Å²) in [7, 11) is 0. The molecule has 0 nitrogen and oxygen atoms in total. The van der Waals surface area contributed by atoms with Crippen molar-refractivity contribution in [2.75, 3.05) is 0 Å². The zero-order valence-electron chi connectivity index (χ0n) is 14.6. The molecule has 4 rings (SSSR count). The molecule has 0 aliphatic rings. The Morgan fingerprint density at radius 1 is 0.370 bits per heavy atom. The van der Waals surface area contributed by atoms with E-state index in [0.717, 1.165) is 8.95 Å². The predicted octanol–water partition coefficient (Wildman–Crippen LogP) is 4.59. The third-order valence-electron chi connectivity index (χ3n) is 4.97. The summed E-state index contributed by atoms with van der Waals surface area (Å²) in [6, 6.07) is 40.1. The fraction of sp³-hybridized carbons (Fsp3) is 0. The number of rotatable bonds is 4. The summed E-state index contributed by atoms with van der Waals surface area (Å²) in [6.07, 6.45) is 0. The number of hydrogen-bond donors (Lipinski definition) is 0. The number of halogens is 2. The normalized spacial score (nSPS) is 11.3. The Morgan fingerprint density at radius 3 is 1.00 bits per heavy atom. The van der Waals surface area contributed by atoms with Crippen molar-refractivity contribution >= 4 is 65.5 Å². The van der Waals surface area contributed by atoms with Gasteiger partial charge in [-0.05, 0) is 0 Å². The molecule has 0 N–H and O–H groups in total. The third-order valence-corrected chi connectivity index (χ3v) is 24.7. The van der Waals surface area contributed by atoms with Gasteiger partial charge in [-0.2, -0.15) is 0 Å². The van der Waals surface area contributed by atoms with Gasteiger partial charge in [0.1, 0.15) is 0 Å². The van der Waals surface area contributed by atoms with E-state index in [0.29, 0.717) is 0 Å². The van der Waals surface area contributed by atoms with Gasteiger partial charge in [0, 0.05) is 0 Å². The maximum absolute atomic E-state index is 3.61. The topological polar surface area (TPSA) is 0 Å². The van der Waals surface area contributed by atoms with Crippen LogP contribution in [0.1, 0.15) is 0 Å². The van der Waals surface area contributed by atoms with Crippen LogP contribution in [0.4, 0.5) is 0 Å². The van der Waals surface area contributed by atoms with Crippen molar-refractivity contribution < 1.29 is 0 Å². The van der Waals surface area contributed by atoms with E-state index in [4.69, 9.17) is 0 Å². The molecule has 0 aliphatic carbocycles. The van der Waals surface area contributed by atoms with Crippen LogP contribution in [-0.2, 0) is 0 Å². The first kappa shape index (κ1) is 19.1. The first-order valence-electron chi connectivity index (χ1n) is 8.84. The van der Waals surface area contributed by atoms with Crippen molar-refractivity contribution in [1.82, 2.24) is 0 Å². The van der Waals surface area contributed by atoms with Gasteiger partial charge in [-0.15, -0.1) is 0 Å². The Hall–Kier alpha value is -1.24. The van der Waals surface area contributed by atoms with Gasteiger partial charge >= 0.3 is 184 Å². The monoisotopic (exact) mass is 672 g/mol. The van der Waals surface area contributed by atoms with E-state index in [2.05, 4.69) is 141 Å². The van der Waals surface area contributed by atoms with Gasteiger partial charge in [0.25, 0.3) is 0 Å². The Bertz CT molecular complexity index is 924. The van der Waals surface area contributed by atoms with E-state index >= 15 is 0 Å². The van der Waals surface area contributed by atoms with Crippen LogP contribution in [0, 0.1) is 0 Å². The molecule has 0 radical (unpaired) electrons. The van der Waals surface area contributed by atoms with Gasteiger partial charge in [0.05, 0.1) is 0 Å². The molecule has 4 aromatic carbocycles. The average molecular weight is 673 g/mol. The molecule has 0 amide bonds. The average Bonchev–Trinajstić information content (AvgIpc) is 2.73. The van der Waals surface area contributed by atoms with Crippen molar-refractivity contribution in [3.05, 3.63) is 118 Å². The molecule has 0 aromatic heterocycles. The van der Waals surface area contributed by atoms with Crippen LogP contribution < -0.4 is 12.5 Å². The van der Waals surface area contributed by atoms with Crippen LogP contribution in [0.15, 0.2) is 118 Å². The molecule has 0 bridgehead atoms. The van der Waals surface area contributed by atoms with E-state index in [9.17, 15) is 0 Å². The second-order valence-electron chi connectivity index (χ2n) is 6.50. The van der Waals surface area contributed by atoms with Gasteiger partial charge < -0.3 is 0 Å². The Kier molecular flexibility index (Phi) is 5.95. The Balaban J connectivity index is 2.11. The van der Waals surface area contributed by atoms with E-state index in [1.54, 1.807) is 0 Å². The molecular weight excluding hydrogens is 655 g/mol. The predicted molar refractivity (Wildman–Crippen MR) is 125 cm³/mol. The quantitative estimate of drug-likeness (QED) is 0.279. The second kappa shape index (κ2) is 8.41. The summed E-state index contributed by atoms with van der Waals surface area (Å²) >= 11 is 3.63. The molecule has 3 heteroatoms. The van der Waals surface area contributed by atoms with E-state index in [-0.39, 0.29) is 0 Å². The summed E-state index contributed by atoms with van der Waals surface area (Å²) in [5, 5.41) is 0. The van der Waals surface area contributed by atoms with Crippen LogP contribution in [0.2, 0.25) is 0 Å². The molecule has 4 aromatic rings. The molecule has 27 heavy (non-hydrogen) atoms. The zero-order valence-corrected chi connectivity index (χ0v) is 21.7.